The summed E-state index contributed by atoms with van der Waals surface area (Å²) in [6.45, 7) is 0. The SMILES string of the molecule is N#CC(C(=O)C1CCCCC1)c1ccc(F)cc1F. The molecule has 2 nitrogen and oxygen atoms in total. The normalized spacial score (nSPS) is 17.7. The molecule has 0 saturated heterocycles. The van der Waals surface area contributed by atoms with Crippen molar-refractivity contribution in [2.45, 2.75) is 38.0 Å². The first kappa shape index (κ1) is 13.7. The van der Waals surface area contributed by atoms with Gasteiger partial charge in [0, 0.05) is 17.5 Å². The van der Waals surface area contributed by atoms with E-state index in [4.69, 9.17) is 5.26 Å². The third-order valence-electron chi connectivity index (χ3n) is 3.69. The molecule has 1 aliphatic rings. The fraction of sp³-hybridized carbons (Fsp3) is 0.467. The Morgan fingerprint density at radius 1 is 1.26 bits per heavy atom. The standard InChI is InChI=1S/C15H15F2NO/c16-11-6-7-12(14(17)8-11)13(9-18)15(19)10-4-2-1-3-5-10/h6-8,10,13H,1-5H2. The number of benzene rings is 1. The lowest BCUT2D eigenvalue weighted by Gasteiger charge is -2.22. The van der Waals surface area contributed by atoms with E-state index in [0.717, 1.165) is 38.2 Å². The smallest absolute Gasteiger partial charge is 0.157 e. The van der Waals surface area contributed by atoms with Gasteiger partial charge in [-0.1, -0.05) is 25.3 Å². The molecule has 1 aromatic rings. The molecule has 4 heteroatoms. The van der Waals surface area contributed by atoms with Crippen LogP contribution in [0.2, 0.25) is 0 Å². The lowest BCUT2D eigenvalue weighted by Crippen LogP contribution is -2.24. The molecular formula is C15H15F2NO. The Balaban J connectivity index is 2.24. The van der Waals surface area contributed by atoms with E-state index in [1.54, 1.807) is 0 Å². The fourth-order valence-electron chi connectivity index (χ4n) is 2.64. The van der Waals surface area contributed by atoms with Crippen LogP contribution in [0.25, 0.3) is 0 Å². The Hall–Kier alpha value is -1.76. The van der Waals surface area contributed by atoms with Gasteiger partial charge >= 0.3 is 0 Å². The van der Waals surface area contributed by atoms with Crippen molar-refractivity contribution < 1.29 is 13.6 Å². The van der Waals surface area contributed by atoms with Crippen LogP contribution < -0.4 is 0 Å². The maximum absolute atomic E-state index is 13.7. The van der Waals surface area contributed by atoms with Gasteiger partial charge in [-0.25, -0.2) is 8.78 Å². The second-order valence-electron chi connectivity index (χ2n) is 4.97. The van der Waals surface area contributed by atoms with Crippen molar-refractivity contribution in [3.05, 3.63) is 35.4 Å². The molecule has 0 spiro atoms. The highest BCUT2D eigenvalue weighted by Gasteiger charge is 2.30. The third-order valence-corrected chi connectivity index (χ3v) is 3.69. The summed E-state index contributed by atoms with van der Waals surface area (Å²) >= 11 is 0. The van der Waals surface area contributed by atoms with Gasteiger partial charge in [-0.3, -0.25) is 4.79 Å². The maximum atomic E-state index is 13.7. The van der Waals surface area contributed by atoms with Crippen LogP contribution in [0.3, 0.4) is 0 Å². The average Bonchev–Trinajstić information content (AvgIpc) is 2.42. The molecule has 19 heavy (non-hydrogen) atoms. The lowest BCUT2D eigenvalue weighted by molar-refractivity contribution is -0.124. The quantitative estimate of drug-likeness (QED) is 0.833. The number of halogens is 2. The molecule has 0 aromatic heterocycles. The van der Waals surface area contributed by atoms with Gasteiger partial charge < -0.3 is 0 Å². The minimum Gasteiger partial charge on any atom is -0.298 e. The van der Waals surface area contributed by atoms with Crippen molar-refractivity contribution in [1.82, 2.24) is 0 Å². The number of carbonyl (C=O) groups is 1. The summed E-state index contributed by atoms with van der Waals surface area (Å²) in [5, 5.41) is 9.14. The van der Waals surface area contributed by atoms with Crippen LogP contribution in [0.5, 0.6) is 0 Å². The van der Waals surface area contributed by atoms with Crippen molar-refractivity contribution in [2.75, 3.05) is 0 Å². The largest absolute Gasteiger partial charge is 0.298 e. The highest BCUT2D eigenvalue weighted by molar-refractivity contribution is 5.90. The maximum Gasteiger partial charge on any atom is 0.157 e. The Morgan fingerprint density at radius 3 is 2.53 bits per heavy atom. The molecule has 0 heterocycles. The minimum atomic E-state index is -1.12. The number of hydrogen-bond acceptors (Lipinski definition) is 2. The highest BCUT2D eigenvalue weighted by atomic mass is 19.1. The van der Waals surface area contributed by atoms with Gasteiger partial charge in [0.1, 0.15) is 17.6 Å². The summed E-state index contributed by atoms with van der Waals surface area (Å²) in [7, 11) is 0. The van der Waals surface area contributed by atoms with Crippen LogP contribution in [0.15, 0.2) is 18.2 Å². The Bertz CT molecular complexity index is 515. The summed E-state index contributed by atoms with van der Waals surface area (Å²) in [6, 6.07) is 4.85. The van der Waals surface area contributed by atoms with Crippen molar-refractivity contribution in [2.24, 2.45) is 5.92 Å². The van der Waals surface area contributed by atoms with E-state index in [9.17, 15) is 13.6 Å². The van der Waals surface area contributed by atoms with Crippen LogP contribution >= 0.6 is 0 Å². The number of rotatable bonds is 3. The van der Waals surface area contributed by atoms with E-state index in [2.05, 4.69) is 0 Å². The first-order valence-electron chi connectivity index (χ1n) is 6.51. The summed E-state index contributed by atoms with van der Waals surface area (Å²) in [5.41, 5.74) is -0.0144. The fourth-order valence-corrected chi connectivity index (χ4v) is 2.64. The van der Waals surface area contributed by atoms with Gasteiger partial charge in [0.15, 0.2) is 5.78 Å². The van der Waals surface area contributed by atoms with E-state index >= 15 is 0 Å². The molecule has 1 atom stereocenters. The van der Waals surface area contributed by atoms with E-state index in [-0.39, 0.29) is 17.3 Å². The number of ketones is 1. The molecule has 0 radical (unpaired) electrons. The van der Waals surface area contributed by atoms with Gasteiger partial charge in [0.25, 0.3) is 0 Å². The Morgan fingerprint density at radius 2 is 1.95 bits per heavy atom. The molecule has 1 saturated carbocycles. The highest BCUT2D eigenvalue weighted by Crippen LogP contribution is 2.31. The number of hydrogen-bond donors (Lipinski definition) is 0. The van der Waals surface area contributed by atoms with Crippen LogP contribution in [0, 0.1) is 28.9 Å². The number of nitriles is 1. The predicted molar refractivity (Wildman–Crippen MR) is 66.3 cm³/mol. The second kappa shape index (κ2) is 5.92. The third kappa shape index (κ3) is 2.98. The summed E-state index contributed by atoms with van der Waals surface area (Å²) in [5.74, 6) is -3.04. The molecule has 1 aromatic carbocycles. The van der Waals surface area contributed by atoms with E-state index in [1.807, 2.05) is 6.07 Å². The molecule has 2 rings (SSSR count). The molecule has 0 bridgehead atoms. The van der Waals surface area contributed by atoms with Gasteiger partial charge in [0.2, 0.25) is 0 Å². The molecule has 100 valence electrons. The molecule has 1 unspecified atom stereocenters. The minimum absolute atomic E-state index is 0.0144. The zero-order chi connectivity index (χ0) is 13.8. The van der Waals surface area contributed by atoms with Crippen molar-refractivity contribution in [3.8, 4) is 6.07 Å². The molecule has 0 N–H and O–H groups in total. The second-order valence-corrected chi connectivity index (χ2v) is 4.97. The summed E-state index contributed by atoms with van der Waals surface area (Å²) in [4.78, 5) is 12.3. The van der Waals surface area contributed by atoms with Gasteiger partial charge in [0.05, 0.1) is 6.07 Å². The zero-order valence-electron chi connectivity index (χ0n) is 10.5. The van der Waals surface area contributed by atoms with Crippen molar-refractivity contribution >= 4 is 5.78 Å². The monoisotopic (exact) mass is 263 g/mol. The number of Topliss-reactive ketones (excluding diaryl/α,β-unsaturated/α-hetero) is 1. The molecular weight excluding hydrogens is 248 g/mol. The van der Waals surface area contributed by atoms with Crippen LogP contribution in [-0.2, 0) is 4.79 Å². The van der Waals surface area contributed by atoms with Gasteiger partial charge in [-0.15, -0.1) is 0 Å². The van der Waals surface area contributed by atoms with E-state index < -0.39 is 17.6 Å². The lowest BCUT2D eigenvalue weighted by atomic mass is 9.80. The topological polar surface area (TPSA) is 40.9 Å². The van der Waals surface area contributed by atoms with Gasteiger partial charge in [-0.2, -0.15) is 5.26 Å². The van der Waals surface area contributed by atoms with Crippen LogP contribution in [0.1, 0.15) is 43.6 Å². The van der Waals surface area contributed by atoms with Gasteiger partial charge in [-0.05, 0) is 18.9 Å². The molecule has 0 aliphatic heterocycles. The summed E-state index contributed by atoms with van der Waals surface area (Å²) in [6.07, 6.45) is 4.58. The first-order chi connectivity index (χ1) is 9.13. The zero-order valence-corrected chi connectivity index (χ0v) is 10.5. The van der Waals surface area contributed by atoms with Crippen LogP contribution in [0.4, 0.5) is 8.78 Å². The van der Waals surface area contributed by atoms with E-state index in [1.165, 1.54) is 6.07 Å². The Kier molecular flexibility index (Phi) is 4.26. The number of carbonyl (C=O) groups excluding carboxylic acids is 1. The average molecular weight is 263 g/mol. The predicted octanol–water partition coefficient (Wildman–Crippen LogP) is 3.72. The Labute approximate surface area is 111 Å². The molecule has 0 amide bonds. The molecule has 1 aliphatic carbocycles. The van der Waals surface area contributed by atoms with Crippen molar-refractivity contribution in [3.63, 3.8) is 0 Å². The van der Waals surface area contributed by atoms with Crippen LogP contribution in [-0.4, -0.2) is 5.78 Å². The summed E-state index contributed by atoms with van der Waals surface area (Å²) < 4.78 is 26.5. The number of nitrogens with zero attached hydrogens (tertiary/aromatic N) is 1. The molecule has 1 fully saturated rings. The van der Waals surface area contributed by atoms with E-state index in [0.29, 0.717) is 6.07 Å². The first-order valence-corrected chi connectivity index (χ1v) is 6.51. The van der Waals surface area contributed by atoms with Crippen molar-refractivity contribution in [1.29, 1.82) is 5.26 Å².